The zero-order chi connectivity index (χ0) is 19.1. The molecule has 27 heavy (non-hydrogen) atoms. The van der Waals surface area contributed by atoms with E-state index >= 15 is 0 Å². The summed E-state index contributed by atoms with van der Waals surface area (Å²) < 4.78 is 5.96. The zero-order valence-electron chi connectivity index (χ0n) is 16.1. The van der Waals surface area contributed by atoms with Crippen molar-refractivity contribution >= 4 is 11.6 Å². The molecular formula is C25H27ClO. The Kier molecular flexibility index (Phi) is 6.58. The number of benzene rings is 3. The Hall–Kier alpha value is -2.25. The highest BCUT2D eigenvalue weighted by molar-refractivity contribution is 6.30. The Morgan fingerprint density at radius 2 is 1.56 bits per heavy atom. The van der Waals surface area contributed by atoms with Gasteiger partial charge in [-0.15, -0.1) is 0 Å². The number of hydrogen-bond acceptors (Lipinski definition) is 1. The van der Waals surface area contributed by atoms with Crippen molar-refractivity contribution in [1.82, 2.24) is 0 Å². The van der Waals surface area contributed by atoms with Crippen LogP contribution in [0.2, 0.25) is 5.02 Å². The lowest BCUT2D eigenvalue weighted by molar-refractivity contribution is 0.405. The van der Waals surface area contributed by atoms with Gasteiger partial charge in [0.15, 0.2) is 0 Å². The van der Waals surface area contributed by atoms with Crippen molar-refractivity contribution in [3.8, 4) is 11.5 Å². The van der Waals surface area contributed by atoms with E-state index in [-0.39, 0.29) is 5.41 Å². The molecule has 3 rings (SSSR count). The number of ether oxygens (including phenoxy) is 1. The first-order valence-electron chi connectivity index (χ1n) is 9.67. The molecule has 0 aliphatic heterocycles. The summed E-state index contributed by atoms with van der Waals surface area (Å²) in [6.45, 7) is 4.62. The van der Waals surface area contributed by atoms with Crippen molar-refractivity contribution in [3.05, 3.63) is 95.0 Å². The Morgan fingerprint density at radius 3 is 2.26 bits per heavy atom. The van der Waals surface area contributed by atoms with Crippen LogP contribution in [0.3, 0.4) is 0 Å². The summed E-state index contributed by atoms with van der Waals surface area (Å²) in [4.78, 5) is 0. The first-order valence-corrected chi connectivity index (χ1v) is 10.0. The first-order chi connectivity index (χ1) is 13.1. The smallest absolute Gasteiger partial charge is 0.127 e. The lowest BCUT2D eigenvalue weighted by Gasteiger charge is -2.29. The van der Waals surface area contributed by atoms with Gasteiger partial charge in [-0.3, -0.25) is 0 Å². The van der Waals surface area contributed by atoms with Crippen LogP contribution in [0.4, 0.5) is 0 Å². The van der Waals surface area contributed by atoms with Gasteiger partial charge in [0.25, 0.3) is 0 Å². The maximum Gasteiger partial charge on any atom is 0.127 e. The van der Waals surface area contributed by atoms with Crippen LogP contribution in [0, 0.1) is 0 Å². The fraction of sp³-hybridized carbons (Fsp3) is 0.280. The van der Waals surface area contributed by atoms with Crippen LogP contribution in [-0.4, -0.2) is 0 Å². The third-order valence-corrected chi connectivity index (χ3v) is 5.64. The van der Waals surface area contributed by atoms with E-state index in [4.69, 9.17) is 16.3 Å². The van der Waals surface area contributed by atoms with Crippen molar-refractivity contribution in [2.75, 3.05) is 0 Å². The molecule has 1 atom stereocenters. The zero-order valence-corrected chi connectivity index (χ0v) is 16.9. The summed E-state index contributed by atoms with van der Waals surface area (Å²) in [5.74, 6) is 1.77. The maximum absolute atomic E-state index is 6.05. The van der Waals surface area contributed by atoms with Crippen molar-refractivity contribution in [3.63, 3.8) is 0 Å². The Bertz CT molecular complexity index is 842. The SMILES string of the molecule is CCC(C)(CCCc1cccc(Oc2ccccc2)c1)c1ccc(Cl)cc1. The van der Waals surface area contributed by atoms with Gasteiger partial charge in [0.2, 0.25) is 0 Å². The highest BCUT2D eigenvalue weighted by atomic mass is 35.5. The van der Waals surface area contributed by atoms with Gasteiger partial charge in [0.05, 0.1) is 0 Å². The minimum absolute atomic E-state index is 0.183. The summed E-state index contributed by atoms with van der Waals surface area (Å²) in [6, 6.07) is 26.7. The van der Waals surface area contributed by atoms with Gasteiger partial charge in [-0.2, -0.15) is 0 Å². The Balaban J connectivity index is 1.61. The van der Waals surface area contributed by atoms with Crippen molar-refractivity contribution in [2.45, 2.75) is 44.9 Å². The number of aryl methyl sites for hydroxylation is 1. The summed E-state index contributed by atoms with van der Waals surface area (Å²) in [7, 11) is 0. The molecule has 0 spiro atoms. The Labute approximate surface area is 168 Å². The standard InChI is InChI=1S/C25H27ClO/c1-3-25(2,21-14-16-22(26)17-15-21)18-8-10-20-9-7-13-24(19-20)27-23-11-5-4-6-12-23/h4-7,9,11-17,19H,3,8,10,18H2,1-2H3. The number of para-hydroxylation sites is 1. The van der Waals surface area contributed by atoms with Crippen LogP contribution in [0.1, 0.15) is 44.2 Å². The van der Waals surface area contributed by atoms with E-state index in [0.717, 1.165) is 42.2 Å². The quantitative estimate of drug-likeness (QED) is 0.388. The molecule has 0 fully saturated rings. The fourth-order valence-electron chi connectivity index (χ4n) is 3.45. The molecule has 0 bridgehead atoms. The van der Waals surface area contributed by atoms with Crippen LogP contribution in [0.15, 0.2) is 78.9 Å². The molecule has 3 aromatic carbocycles. The van der Waals surface area contributed by atoms with Gasteiger partial charge in [-0.1, -0.05) is 67.9 Å². The summed E-state index contributed by atoms with van der Waals surface area (Å²) in [5, 5.41) is 0.799. The van der Waals surface area contributed by atoms with Crippen molar-refractivity contribution < 1.29 is 4.74 Å². The normalized spacial score (nSPS) is 13.1. The van der Waals surface area contributed by atoms with E-state index < -0.39 is 0 Å². The van der Waals surface area contributed by atoms with Crippen LogP contribution >= 0.6 is 11.6 Å². The molecule has 0 amide bonds. The topological polar surface area (TPSA) is 9.23 Å². The van der Waals surface area contributed by atoms with Gasteiger partial charge in [0.1, 0.15) is 11.5 Å². The molecule has 1 nitrogen and oxygen atoms in total. The molecule has 140 valence electrons. The monoisotopic (exact) mass is 378 g/mol. The fourth-order valence-corrected chi connectivity index (χ4v) is 3.58. The van der Waals surface area contributed by atoms with E-state index in [0.29, 0.717) is 0 Å². The van der Waals surface area contributed by atoms with Crippen LogP contribution < -0.4 is 4.74 Å². The molecule has 3 aromatic rings. The molecule has 0 N–H and O–H groups in total. The molecule has 0 aliphatic carbocycles. The molecule has 2 heteroatoms. The number of hydrogen-bond donors (Lipinski definition) is 0. The van der Waals surface area contributed by atoms with E-state index in [1.807, 2.05) is 48.5 Å². The second-order valence-corrected chi connectivity index (χ2v) is 7.77. The minimum Gasteiger partial charge on any atom is -0.457 e. The lowest BCUT2D eigenvalue weighted by Crippen LogP contribution is -2.21. The van der Waals surface area contributed by atoms with Gasteiger partial charge in [0, 0.05) is 5.02 Å². The highest BCUT2D eigenvalue weighted by Gasteiger charge is 2.23. The molecule has 1 unspecified atom stereocenters. The summed E-state index contributed by atoms with van der Waals surface area (Å²) in [6.07, 6.45) is 4.46. The van der Waals surface area contributed by atoms with E-state index in [1.54, 1.807) is 0 Å². The summed E-state index contributed by atoms with van der Waals surface area (Å²) >= 11 is 6.05. The molecular weight excluding hydrogens is 352 g/mol. The van der Waals surface area contributed by atoms with E-state index in [1.165, 1.54) is 11.1 Å². The number of rotatable bonds is 8. The van der Waals surface area contributed by atoms with Gasteiger partial charge in [-0.25, -0.2) is 0 Å². The first kappa shape index (κ1) is 19.5. The third-order valence-electron chi connectivity index (χ3n) is 5.39. The van der Waals surface area contributed by atoms with Gasteiger partial charge in [-0.05, 0) is 78.6 Å². The minimum atomic E-state index is 0.183. The van der Waals surface area contributed by atoms with Gasteiger partial charge < -0.3 is 4.74 Å². The Morgan fingerprint density at radius 1 is 0.852 bits per heavy atom. The molecule has 0 saturated carbocycles. The lowest BCUT2D eigenvalue weighted by atomic mass is 9.76. The summed E-state index contributed by atoms with van der Waals surface area (Å²) in [5.41, 5.74) is 2.87. The average Bonchev–Trinajstić information content (AvgIpc) is 2.69. The number of halogens is 1. The predicted octanol–water partition coefficient (Wildman–Crippen LogP) is 7.82. The van der Waals surface area contributed by atoms with Gasteiger partial charge >= 0.3 is 0 Å². The van der Waals surface area contributed by atoms with Crippen molar-refractivity contribution in [2.24, 2.45) is 0 Å². The maximum atomic E-state index is 6.05. The second kappa shape index (κ2) is 9.10. The molecule has 0 aromatic heterocycles. The highest BCUT2D eigenvalue weighted by Crippen LogP contribution is 2.34. The third kappa shape index (κ3) is 5.37. The van der Waals surface area contributed by atoms with Crippen LogP contribution in [-0.2, 0) is 11.8 Å². The average molecular weight is 379 g/mol. The molecule has 0 saturated heterocycles. The van der Waals surface area contributed by atoms with E-state index in [9.17, 15) is 0 Å². The van der Waals surface area contributed by atoms with Crippen LogP contribution in [0.25, 0.3) is 0 Å². The molecule has 0 radical (unpaired) electrons. The molecule has 0 heterocycles. The molecule has 0 aliphatic rings. The van der Waals surface area contributed by atoms with Crippen molar-refractivity contribution in [1.29, 1.82) is 0 Å². The van der Waals surface area contributed by atoms with E-state index in [2.05, 4.69) is 44.2 Å². The second-order valence-electron chi connectivity index (χ2n) is 7.34. The van der Waals surface area contributed by atoms with Crippen LogP contribution in [0.5, 0.6) is 11.5 Å². The predicted molar refractivity (Wildman–Crippen MR) is 115 cm³/mol. The largest absolute Gasteiger partial charge is 0.457 e.